The van der Waals surface area contributed by atoms with E-state index in [4.69, 9.17) is 9.47 Å². The summed E-state index contributed by atoms with van der Waals surface area (Å²) in [4.78, 5) is 25.4. The molecule has 2 heterocycles. The minimum atomic E-state index is -0.460. The number of carbonyl (C=O) groups excluding carboxylic acids is 2. The van der Waals surface area contributed by atoms with Gasteiger partial charge in [-0.1, -0.05) is 28.9 Å². The van der Waals surface area contributed by atoms with Crippen LogP contribution in [-0.4, -0.2) is 42.3 Å². The smallest absolute Gasteiger partial charge is 0.410 e. The molecule has 2 rings (SSSR count). The molecule has 5 heteroatoms. The molecular formula is C21H31NO4. The molecule has 0 aromatic heterocycles. The highest BCUT2D eigenvalue weighted by Gasteiger charge is 2.23. The molecule has 0 N–H and O–H groups in total. The summed E-state index contributed by atoms with van der Waals surface area (Å²) in [7, 11) is 0. The molecule has 2 aliphatic rings. The summed E-state index contributed by atoms with van der Waals surface area (Å²) in [5, 5.41) is 0. The van der Waals surface area contributed by atoms with Crippen molar-refractivity contribution in [2.45, 2.75) is 65.9 Å². The largest absolute Gasteiger partial charge is 0.462 e. The van der Waals surface area contributed by atoms with E-state index in [-0.39, 0.29) is 12.1 Å². The van der Waals surface area contributed by atoms with E-state index < -0.39 is 5.60 Å². The van der Waals surface area contributed by atoms with Crippen molar-refractivity contribution < 1.29 is 19.1 Å². The van der Waals surface area contributed by atoms with Crippen molar-refractivity contribution in [3.63, 3.8) is 0 Å². The molecule has 0 aromatic carbocycles. The molecule has 5 nitrogen and oxygen atoms in total. The lowest BCUT2D eigenvalue weighted by atomic mass is 9.98. The number of cyclic esters (lactones) is 1. The molecule has 0 saturated carbocycles. The van der Waals surface area contributed by atoms with Gasteiger partial charge >= 0.3 is 12.1 Å². The molecule has 0 radical (unpaired) electrons. The number of nitrogens with zero attached hydrogens (tertiary/aromatic N) is 1. The zero-order chi connectivity index (χ0) is 19.3. The minimum Gasteiger partial charge on any atom is -0.462 e. The van der Waals surface area contributed by atoms with Crippen LogP contribution in [0.4, 0.5) is 4.79 Å². The van der Waals surface area contributed by atoms with Crippen LogP contribution < -0.4 is 0 Å². The molecule has 0 spiro atoms. The summed E-state index contributed by atoms with van der Waals surface area (Å²) >= 11 is 0. The topological polar surface area (TPSA) is 55.8 Å². The van der Waals surface area contributed by atoms with Crippen LogP contribution in [0.1, 0.15) is 60.3 Å². The third-order valence-electron chi connectivity index (χ3n) is 4.56. The first-order valence-electron chi connectivity index (χ1n) is 9.33. The van der Waals surface area contributed by atoms with E-state index in [1.165, 1.54) is 11.1 Å². The van der Waals surface area contributed by atoms with Gasteiger partial charge in [0.2, 0.25) is 0 Å². The van der Waals surface area contributed by atoms with Crippen molar-refractivity contribution in [1.29, 1.82) is 0 Å². The molecular weight excluding hydrogens is 330 g/mol. The first kappa shape index (κ1) is 20.3. The van der Waals surface area contributed by atoms with E-state index in [9.17, 15) is 9.59 Å². The van der Waals surface area contributed by atoms with E-state index >= 15 is 0 Å². The van der Waals surface area contributed by atoms with Crippen LogP contribution in [0.5, 0.6) is 0 Å². The Kier molecular flexibility index (Phi) is 6.68. The second kappa shape index (κ2) is 8.56. The Hall–Kier alpha value is -2.04. The first-order valence-corrected chi connectivity index (χ1v) is 9.33. The second-order valence-electron chi connectivity index (χ2n) is 8.11. The van der Waals surface area contributed by atoms with Crippen LogP contribution in [-0.2, 0) is 14.3 Å². The normalized spacial score (nSPS) is 20.7. The molecule has 1 saturated heterocycles. The number of rotatable bonds is 4. The number of hydrogen-bond acceptors (Lipinski definition) is 4. The zero-order valence-corrected chi connectivity index (χ0v) is 16.7. The number of hydrogen-bond donors (Lipinski definition) is 0. The number of ether oxygens (including phenoxy) is 2. The van der Waals surface area contributed by atoms with Crippen molar-refractivity contribution in [3.05, 3.63) is 34.4 Å². The van der Waals surface area contributed by atoms with Crippen LogP contribution in [0.25, 0.3) is 0 Å². The molecule has 1 fully saturated rings. The summed E-state index contributed by atoms with van der Waals surface area (Å²) in [6.07, 6.45) is 7.37. The Morgan fingerprint density at radius 3 is 2.58 bits per heavy atom. The summed E-state index contributed by atoms with van der Waals surface area (Å²) in [5.74, 6) is -0.161. The van der Waals surface area contributed by atoms with E-state index in [0.717, 1.165) is 36.8 Å². The van der Waals surface area contributed by atoms with Crippen molar-refractivity contribution in [2.24, 2.45) is 0 Å². The van der Waals surface area contributed by atoms with Gasteiger partial charge in [-0.25, -0.2) is 9.59 Å². The number of esters is 1. The highest BCUT2D eigenvalue weighted by atomic mass is 16.6. The molecule has 144 valence electrons. The molecule has 0 unspecified atom stereocenters. The van der Waals surface area contributed by atoms with Gasteiger partial charge in [0.25, 0.3) is 0 Å². The van der Waals surface area contributed by atoms with Gasteiger partial charge in [-0.05, 0) is 53.9 Å². The van der Waals surface area contributed by atoms with E-state index in [1.807, 2.05) is 27.7 Å². The van der Waals surface area contributed by atoms with Crippen LogP contribution in [0, 0.1) is 0 Å². The molecule has 26 heavy (non-hydrogen) atoms. The van der Waals surface area contributed by atoms with Gasteiger partial charge in [0.05, 0.1) is 6.61 Å². The SMILES string of the molecule is C/C(C/C=C(\C)CC1=CCN(C(=O)OC(C)(C)C)CC1)=C1\CCOC1=O. The fraction of sp³-hybridized carbons (Fsp3) is 0.619. The molecule has 2 aliphatic heterocycles. The van der Waals surface area contributed by atoms with Gasteiger partial charge < -0.3 is 14.4 Å². The molecule has 0 aromatic rings. The van der Waals surface area contributed by atoms with Crippen molar-refractivity contribution in [2.75, 3.05) is 19.7 Å². The Balaban J connectivity index is 1.85. The monoisotopic (exact) mass is 361 g/mol. The second-order valence-corrected chi connectivity index (χ2v) is 8.11. The van der Waals surface area contributed by atoms with Gasteiger partial charge in [-0.15, -0.1) is 0 Å². The Labute approximate surface area is 156 Å². The van der Waals surface area contributed by atoms with E-state index in [0.29, 0.717) is 19.7 Å². The lowest BCUT2D eigenvalue weighted by Crippen LogP contribution is -2.39. The summed E-state index contributed by atoms with van der Waals surface area (Å²) in [6, 6.07) is 0. The summed E-state index contributed by atoms with van der Waals surface area (Å²) in [5.41, 5.74) is 4.11. The molecule has 0 bridgehead atoms. The quantitative estimate of drug-likeness (QED) is 0.419. The van der Waals surface area contributed by atoms with Crippen LogP contribution in [0.2, 0.25) is 0 Å². The Morgan fingerprint density at radius 1 is 1.31 bits per heavy atom. The number of amides is 1. The van der Waals surface area contributed by atoms with Crippen LogP contribution in [0.3, 0.4) is 0 Å². The number of allylic oxidation sites excluding steroid dienone is 3. The predicted octanol–water partition coefficient (Wildman–Crippen LogP) is 4.54. The van der Waals surface area contributed by atoms with Crippen LogP contribution in [0.15, 0.2) is 34.4 Å². The van der Waals surface area contributed by atoms with Crippen LogP contribution >= 0.6 is 0 Å². The van der Waals surface area contributed by atoms with Gasteiger partial charge in [-0.2, -0.15) is 0 Å². The predicted molar refractivity (Wildman–Crippen MR) is 102 cm³/mol. The van der Waals surface area contributed by atoms with E-state index in [1.54, 1.807) is 4.90 Å². The van der Waals surface area contributed by atoms with Gasteiger partial charge in [0.1, 0.15) is 5.60 Å². The third kappa shape index (κ3) is 6.04. The minimum absolute atomic E-state index is 0.161. The zero-order valence-electron chi connectivity index (χ0n) is 16.7. The Morgan fingerprint density at radius 2 is 2.04 bits per heavy atom. The Bertz CT molecular complexity index is 649. The molecule has 0 atom stereocenters. The summed E-state index contributed by atoms with van der Waals surface area (Å²) < 4.78 is 10.4. The van der Waals surface area contributed by atoms with Crippen molar-refractivity contribution in [3.8, 4) is 0 Å². The standard InChI is InChI=1S/C21H31NO4/c1-15(6-7-16(2)18-10-13-25-19(18)23)14-17-8-11-22(12-9-17)20(24)26-21(3,4)5/h6,8H,7,9-14H2,1-5H3/b15-6+,18-16-. The molecule has 0 aliphatic carbocycles. The third-order valence-corrected chi connectivity index (χ3v) is 4.56. The maximum Gasteiger partial charge on any atom is 0.410 e. The number of carbonyl (C=O) groups is 2. The average Bonchev–Trinajstić information content (AvgIpc) is 2.98. The summed E-state index contributed by atoms with van der Waals surface area (Å²) in [6.45, 7) is 11.6. The average molecular weight is 361 g/mol. The van der Waals surface area contributed by atoms with Gasteiger partial charge in [0, 0.05) is 25.1 Å². The van der Waals surface area contributed by atoms with Crippen molar-refractivity contribution >= 4 is 12.1 Å². The molecule has 1 amide bonds. The lowest BCUT2D eigenvalue weighted by molar-refractivity contribution is -0.135. The fourth-order valence-corrected chi connectivity index (χ4v) is 3.07. The van der Waals surface area contributed by atoms with Gasteiger partial charge in [0.15, 0.2) is 0 Å². The highest BCUT2D eigenvalue weighted by Crippen LogP contribution is 2.23. The maximum atomic E-state index is 12.1. The van der Waals surface area contributed by atoms with E-state index in [2.05, 4.69) is 19.1 Å². The first-order chi connectivity index (χ1) is 12.2. The fourth-order valence-electron chi connectivity index (χ4n) is 3.07. The maximum absolute atomic E-state index is 12.1. The lowest BCUT2D eigenvalue weighted by Gasteiger charge is -2.29. The highest BCUT2D eigenvalue weighted by molar-refractivity contribution is 5.91. The van der Waals surface area contributed by atoms with Gasteiger partial charge in [-0.3, -0.25) is 0 Å². The van der Waals surface area contributed by atoms with Crippen molar-refractivity contribution in [1.82, 2.24) is 4.90 Å².